The quantitative estimate of drug-likeness (QED) is 0.747. The van der Waals surface area contributed by atoms with E-state index in [2.05, 4.69) is 5.32 Å². The van der Waals surface area contributed by atoms with Crippen LogP contribution < -0.4 is 11.1 Å². The zero-order valence-electron chi connectivity index (χ0n) is 10.6. The van der Waals surface area contributed by atoms with Crippen LogP contribution in [0.15, 0.2) is 18.2 Å². The number of hydrogen-bond acceptors (Lipinski definition) is 3. The van der Waals surface area contributed by atoms with E-state index in [0.29, 0.717) is 25.3 Å². The van der Waals surface area contributed by atoms with Gasteiger partial charge in [0.1, 0.15) is 0 Å². The summed E-state index contributed by atoms with van der Waals surface area (Å²) in [4.78, 5) is 0. The Morgan fingerprint density at radius 1 is 1.33 bits per heavy atom. The number of halogens is 2. The van der Waals surface area contributed by atoms with Gasteiger partial charge >= 0.3 is 0 Å². The summed E-state index contributed by atoms with van der Waals surface area (Å²) in [6.45, 7) is 1.69. The smallest absolute Gasteiger partial charge is 0.159 e. The predicted molar refractivity (Wildman–Crippen MR) is 67.2 cm³/mol. The molecule has 0 saturated heterocycles. The Labute approximate surface area is 106 Å². The van der Waals surface area contributed by atoms with Crippen molar-refractivity contribution in [3.05, 3.63) is 35.4 Å². The zero-order chi connectivity index (χ0) is 13.4. The van der Waals surface area contributed by atoms with Gasteiger partial charge in [0.05, 0.1) is 6.61 Å². The van der Waals surface area contributed by atoms with E-state index in [1.54, 1.807) is 13.2 Å². The minimum Gasteiger partial charge on any atom is -0.383 e. The minimum absolute atomic E-state index is 0.173. The van der Waals surface area contributed by atoms with Gasteiger partial charge in [0.25, 0.3) is 0 Å². The topological polar surface area (TPSA) is 47.3 Å². The van der Waals surface area contributed by atoms with Crippen molar-refractivity contribution < 1.29 is 13.5 Å². The maximum atomic E-state index is 13.0. The molecular formula is C13H20F2N2O. The predicted octanol–water partition coefficient (Wildman–Crippen LogP) is 1.81. The summed E-state index contributed by atoms with van der Waals surface area (Å²) < 4.78 is 30.9. The molecule has 0 spiro atoms. The van der Waals surface area contributed by atoms with E-state index in [9.17, 15) is 8.78 Å². The van der Waals surface area contributed by atoms with Crippen molar-refractivity contribution in [1.29, 1.82) is 0 Å². The zero-order valence-corrected chi connectivity index (χ0v) is 10.6. The summed E-state index contributed by atoms with van der Waals surface area (Å²) >= 11 is 0. The molecule has 0 aliphatic heterocycles. The van der Waals surface area contributed by atoms with Gasteiger partial charge in [0.15, 0.2) is 11.6 Å². The van der Waals surface area contributed by atoms with Crippen LogP contribution in [0.25, 0.3) is 0 Å². The van der Waals surface area contributed by atoms with Crippen molar-refractivity contribution in [1.82, 2.24) is 5.32 Å². The summed E-state index contributed by atoms with van der Waals surface area (Å²) in [5.41, 5.74) is 6.17. The van der Waals surface area contributed by atoms with Gasteiger partial charge in [-0.2, -0.15) is 0 Å². The van der Waals surface area contributed by atoms with E-state index < -0.39 is 11.6 Å². The van der Waals surface area contributed by atoms with Gasteiger partial charge < -0.3 is 15.8 Å². The molecule has 0 bridgehead atoms. The van der Waals surface area contributed by atoms with E-state index in [1.165, 1.54) is 6.07 Å². The fourth-order valence-corrected chi connectivity index (χ4v) is 1.72. The maximum absolute atomic E-state index is 13.0. The van der Waals surface area contributed by atoms with Crippen LogP contribution in [-0.2, 0) is 11.3 Å². The van der Waals surface area contributed by atoms with Gasteiger partial charge in [0, 0.05) is 19.7 Å². The molecule has 1 rings (SSSR count). The summed E-state index contributed by atoms with van der Waals surface area (Å²) in [6, 6.07) is 4.08. The molecule has 0 aromatic heterocycles. The first kappa shape index (κ1) is 15.0. The van der Waals surface area contributed by atoms with E-state index in [0.717, 1.165) is 18.9 Å². The largest absolute Gasteiger partial charge is 0.383 e. The molecule has 0 radical (unpaired) electrons. The van der Waals surface area contributed by atoms with Gasteiger partial charge in [-0.1, -0.05) is 6.07 Å². The molecule has 102 valence electrons. The van der Waals surface area contributed by atoms with Gasteiger partial charge in [0.2, 0.25) is 0 Å². The fraction of sp³-hybridized carbons (Fsp3) is 0.538. The standard InChI is InChI=1S/C13H20F2N2O/c1-18-9-11(3-2-6-16)17-8-10-4-5-12(14)13(15)7-10/h4-5,7,11,17H,2-3,6,8-9,16H2,1H3. The van der Waals surface area contributed by atoms with Crippen LogP contribution in [-0.4, -0.2) is 26.3 Å². The van der Waals surface area contributed by atoms with Crippen LogP contribution >= 0.6 is 0 Å². The second-order valence-corrected chi connectivity index (χ2v) is 4.21. The Balaban J connectivity index is 2.47. The first-order valence-electron chi connectivity index (χ1n) is 6.03. The van der Waals surface area contributed by atoms with Crippen molar-refractivity contribution in [2.75, 3.05) is 20.3 Å². The fourth-order valence-electron chi connectivity index (χ4n) is 1.72. The Hall–Kier alpha value is -1.04. The SMILES string of the molecule is COCC(CCCN)NCc1ccc(F)c(F)c1. The normalized spacial score (nSPS) is 12.7. The molecule has 3 N–H and O–H groups in total. The van der Waals surface area contributed by atoms with Crippen molar-refractivity contribution in [2.24, 2.45) is 5.73 Å². The molecule has 1 aromatic rings. The average Bonchev–Trinajstić information content (AvgIpc) is 2.37. The van der Waals surface area contributed by atoms with Crippen LogP contribution in [0.4, 0.5) is 8.78 Å². The third-order valence-corrected chi connectivity index (χ3v) is 2.70. The molecule has 18 heavy (non-hydrogen) atoms. The molecule has 0 heterocycles. The summed E-state index contributed by atoms with van der Waals surface area (Å²) in [6.07, 6.45) is 1.80. The van der Waals surface area contributed by atoms with E-state index in [1.807, 2.05) is 0 Å². The highest BCUT2D eigenvalue weighted by atomic mass is 19.2. The molecule has 0 saturated carbocycles. The minimum atomic E-state index is -0.824. The first-order chi connectivity index (χ1) is 8.67. The lowest BCUT2D eigenvalue weighted by Gasteiger charge is -2.17. The second kappa shape index (κ2) is 8.13. The summed E-state index contributed by atoms with van der Waals surface area (Å²) in [5, 5.41) is 3.25. The molecule has 3 nitrogen and oxygen atoms in total. The molecule has 0 fully saturated rings. The molecule has 1 unspecified atom stereocenters. The van der Waals surface area contributed by atoms with Gasteiger partial charge in [-0.15, -0.1) is 0 Å². The van der Waals surface area contributed by atoms with Crippen LogP contribution in [0.3, 0.4) is 0 Å². The lowest BCUT2D eigenvalue weighted by Crippen LogP contribution is -2.33. The van der Waals surface area contributed by atoms with Gasteiger partial charge in [-0.25, -0.2) is 8.78 Å². The number of hydrogen-bond donors (Lipinski definition) is 2. The van der Waals surface area contributed by atoms with Crippen LogP contribution in [0, 0.1) is 11.6 Å². The summed E-state index contributed by atoms with van der Waals surface area (Å²) in [7, 11) is 1.63. The first-order valence-corrected chi connectivity index (χ1v) is 6.03. The molecule has 1 atom stereocenters. The highest BCUT2D eigenvalue weighted by Gasteiger charge is 2.08. The lowest BCUT2D eigenvalue weighted by atomic mass is 10.1. The van der Waals surface area contributed by atoms with Crippen molar-refractivity contribution in [3.63, 3.8) is 0 Å². The lowest BCUT2D eigenvalue weighted by molar-refractivity contribution is 0.161. The number of methoxy groups -OCH3 is 1. The third-order valence-electron chi connectivity index (χ3n) is 2.70. The van der Waals surface area contributed by atoms with E-state index in [-0.39, 0.29) is 6.04 Å². The molecule has 1 aromatic carbocycles. The monoisotopic (exact) mass is 258 g/mol. The van der Waals surface area contributed by atoms with Crippen LogP contribution in [0.1, 0.15) is 18.4 Å². The summed E-state index contributed by atoms with van der Waals surface area (Å²) in [5.74, 6) is -1.64. The van der Waals surface area contributed by atoms with Crippen molar-refractivity contribution in [2.45, 2.75) is 25.4 Å². The number of ether oxygens (including phenoxy) is 1. The molecule has 5 heteroatoms. The van der Waals surface area contributed by atoms with Crippen molar-refractivity contribution in [3.8, 4) is 0 Å². The Morgan fingerprint density at radius 2 is 2.11 bits per heavy atom. The van der Waals surface area contributed by atoms with Crippen LogP contribution in [0.5, 0.6) is 0 Å². The molecule has 0 aliphatic rings. The van der Waals surface area contributed by atoms with E-state index in [4.69, 9.17) is 10.5 Å². The van der Waals surface area contributed by atoms with Gasteiger partial charge in [-0.05, 0) is 37.1 Å². The number of benzene rings is 1. The highest BCUT2D eigenvalue weighted by molar-refractivity contribution is 5.17. The Kier molecular flexibility index (Phi) is 6.78. The Bertz CT molecular complexity index is 361. The maximum Gasteiger partial charge on any atom is 0.159 e. The Morgan fingerprint density at radius 3 is 2.72 bits per heavy atom. The molecule has 0 aliphatic carbocycles. The average molecular weight is 258 g/mol. The highest BCUT2D eigenvalue weighted by Crippen LogP contribution is 2.09. The molecule has 0 amide bonds. The third kappa shape index (κ3) is 5.08. The molecular weight excluding hydrogens is 238 g/mol. The number of nitrogens with one attached hydrogen (secondary N) is 1. The number of rotatable bonds is 8. The van der Waals surface area contributed by atoms with Crippen LogP contribution in [0.2, 0.25) is 0 Å². The number of nitrogens with two attached hydrogens (primary N) is 1. The van der Waals surface area contributed by atoms with Crippen molar-refractivity contribution >= 4 is 0 Å². The van der Waals surface area contributed by atoms with E-state index >= 15 is 0 Å². The second-order valence-electron chi connectivity index (χ2n) is 4.21. The van der Waals surface area contributed by atoms with Gasteiger partial charge in [-0.3, -0.25) is 0 Å².